The molecule has 0 aliphatic carbocycles. The molecule has 7 heteroatoms. The highest BCUT2D eigenvalue weighted by molar-refractivity contribution is 5.76. The second-order valence-corrected chi connectivity index (χ2v) is 7.27. The van der Waals surface area contributed by atoms with E-state index < -0.39 is 5.82 Å². The van der Waals surface area contributed by atoms with E-state index in [-0.39, 0.29) is 30.0 Å². The zero-order valence-corrected chi connectivity index (χ0v) is 17.1. The second kappa shape index (κ2) is 9.82. The predicted molar refractivity (Wildman–Crippen MR) is 115 cm³/mol. The molecular weight excluding hydrogens is 383 g/mol. The molecule has 0 saturated carbocycles. The second-order valence-electron chi connectivity index (χ2n) is 7.27. The zero-order valence-electron chi connectivity index (χ0n) is 17.1. The number of rotatable bonds is 8. The van der Waals surface area contributed by atoms with Gasteiger partial charge in [0.1, 0.15) is 12.4 Å². The standard InChI is InChI=1S/C23H25FN4O2/c1-16(11-12-18-7-4-3-5-8-18)25-21(29)15-28-22(30)13-17(2)26-23(28)27-20-10-6-9-19(24)14-20/h3-10,13-14,16H,11-12,15H2,1-2H3,(H,25,29)(H,26,27)/t16-/m1/s1. The minimum atomic E-state index is -0.411. The van der Waals surface area contributed by atoms with Gasteiger partial charge >= 0.3 is 0 Å². The van der Waals surface area contributed by atoms with Crippen LogP contribution in [0.5, 0.6) is 0 Å². The van der Waals surface area contributed by atoms with E-state index in [2.05, 4.69) is 27.8 Å². The summed E-state index contributed by atoms with van der Waals surface area (Å²) in [7, 11) is 0. The average molecular weight is 408 g/mol. The quantitative estimate of drug-likeness (QED) is 0.597. The van der Waals surface area contributed by atoms with Gasteiger partial charge in [-0.05, 0) is 50.5 Å². The Morgan fingerprint density at radius 2 is 1.90 bits per heavy atom. The Kier molecular flexibility index (Phi) is 6.95. The van der Waals surface area contributed by atoms with Crippen molar-refractivity contribution in [2.45, 2.75) is 39.3 Å². The van der Waals surface area contributed by atoms with Crippen LogP contribution >= 0.6 is 0 Å². The molecule has 0 radical (unpaired) electrons. The first kappa shape index (κ1) is 21.2. The fraction of sp³-hybridized carbons (Fsp3) is 0.261. The van der Waals surface area contributed by atoms with E-state index >= 15 is 0 Å². The summed E-state index contributed by atoms with van der Waals surface area (Å²) in [6, 6.07) is 17.2. The van der Waals surface area contributed by atoms with Crippen LogP contribution in [0.1, 0.15) is 24.6 Å². The number of carbonyl (C=O) groups is 1. The molecule has 1 atom stereocenters. The molecule has 1 heterocycles. The summed E-state index contributed by atoms with van der Waals surface area (Å²) in [4.78, 5) is 29.3. The van der Waals surface area contributed by atoms with Crippen molar-refractivity contribution in [1.29, 1.82) is 0 Å². The lowest BCUT2D eigenvalue weighted by Gasteiger charge is -2.17. The van der Waals surface area contributed by atoms with Crippen LogP contribution in [0.15, 0.2) is 65.5 Å². The Hall–Kier alpha value is -3.48. The molecule has 0 aliphatic rings. The van der Waals surface area contributed by atoms with E-state index in [9.17, 15) is 14.0 Å². The number of aromatic nitrogens is 2. The molecule has 30 heavy (non-hydrogen) atoms. The van der Waals surface area contributed by atoms with Crippen LogP contribution in [0.2, 0.25) is 0 Å². The van der Waals surface area contributed by atoms with Gasteiger partial charge in [-0.3, -0.25) is 14.2 Å². The molecule has 1 aromatic heterocycles. The van der Waals surface area contributed by atoms with Crippen molar-refractivity contribution in [2.75, 3.05) is 5.32 Å². The molecule has 1 amide bonds. The molecule has 0 fully saturated rings. The molecule has 3 rings (SSSR count). The van der Waals surface area contributed by atoms with Gasteiger partial charge < -0.3 is 10.6 Å². The first-order valence-electron chi connectivity index (χ1n) is 9.85. The molecule has 3 aromatic rings. The van der Waals surface area contributed by atoms with Crippen molar-refractivity contribution in [1.82, 2.24) is 14.9 Å². The van der Waals surface area contributed by atoms with Crippen LogP contribution in [-0.2, 0) is 17.8 Å². The number of halogens is 1. The maximum Gasteiger partial charge on any atom is 0.255 e. The number of aryl methyl sites for hydroxylation is 2. The molecule has 0 aliphatic heterocycles. The SMILES string of the molecule is Cc1cc(=O)n(CC(=O)N[C@H](C)CCc2ccccc2)c(Nc2cccc(F)c2)n1. The van der Waals surface area contributed by atoms with E-state index in [0.29, 0.717) is 11.4 Å². The topological polar surface area (TPSA) is 76.0 Å². The summed E-state index contributed by atoms with van der Waals surface area (Å²) in [5, 5.41) is 5.86. The number of hydrogen-bond acceptors (Lipinski definition) is 4. The van der Waals surface area contributed by atoms with Crippen LogP contribution in [0, 0.1) is 12.7 Å². The summed E-state index contributed by atoms with van der Waals surface area (Å²) in [5.41, 5.74) is 1.80. The van der Waals surface area contributed by atoms with Gasteiger partial charge in [-0.1, -0.05) is 36.4 Å². The first-order chi connectivity index (χ1) is 14.4. The lowest BCUT2D eigenvalue weighted by Crippen LogP contribution is -2.38. The molecule has 0 saturated heterocycles. The number of nitrogens with zero attached hydrogens (tertiary/aromatic N) is 2. The fourth-order valence-corrected chi connectivity index (χ4v) is 3.13. The lowest BCUT2D eigenvalue weighted by atomic mass is 10.1. The zero-order chi connectivity index (χ0) is 21.5. The van der Waals surface area contributed by atoms with Gasteiger partial charge in [0.25, 0.3) is 5.56 Å². The van der Waals surface area contributed by atoms with Gasteiger partial charge in [0.15, 0.2) is 0 Å². The van der Waals surface area contributed by atoms with Gasteiger partial charge in [-0.2, -0.15) is 0 Å². The Bertz CT molecular complexity index is 1070. The third-order valence-corrected chi connectivity index (χ3v) is 4.64. The Morgan fingerprint density at radius 3 is 2.63 bits per heavy atom. The molecule has 0 bridgehead atoms. The Labute approximate surface area is 174 Å². The average Bonchev–Trinajstić information content (AvgIpc) is 2.70. The first-order valence-corrected chi connectivity index (χ1v) is 9.85. The largest absolute Gasteiger partial charge is 0.352 e. The normalized spacial score (nSPS) is 11.7. The molecular formula is C23H25FN4O2. The van der Waals surface area contributed by atoms with Gasteiger partial charge in [0.05, 0.1) is 0 Å². The van der Waals surface area contributed by atoms with Crippen molar-refractivity contribution in [2.24, 2.45) is 0 Å². The number of anilines is 2. The highest BCUT2D eigenvalue weighted by Gasteiger charge is 2.14. The molecule has 0 unspecified atom stereocenters. The number of benzene rings is 2. The predicted octanol–water partition coefficient (Wildman–Crippen LogP) is 3.57. The minimum absolute atomic E-state index is 0.0496. The van der Waals surface area contributed by atoms with Crippen LogP contribution in [0.3, 0.4) is 0 Å². The summed E-state index contributed by atoms with van der Waals surface area (Å²) in [6.45, 7) is 3.44. The highest BCUT2D eigenvalue weighted by atomic mass is 19.1. The van der Waals surface area contributed by atoms with E-state index in [0.717, 1.165) is 12.8 Å². The van der Waals surface area contributed by atoms with Crippen molar-refractivity contribution >= 4 is 17.5 Å². The molecule has 0 spiro atoms. The number of carbonyl (C=O) groups excluding carboxylic acids is 1. The maximum atomic E-state index is 13.5. The third-order valence-electron chi connectivity index (χ3n) is 4.64. The minimum Gasteiger partial charge on any atom is -0.352 e. The summed E-state index contributed by atoms with van der Waals surface area (Å²) in [6.07, 6.45) is 1.63. The van der Waals surface area contributed by atoms with Crippen LogP contribution in [-0.4, -0.2) is 21.5 Å². The number of nitrogens with one attached hydrogen (secondary N) is 2. The smallest absolute Gasteiger partial charge is 0.255 e. The molecule has 2 aromatic carbocycles. The monoisotopic (exact) mass is 408 g/mol. The summed E-state index contributed by atoms with van der Waals surface area (Å²) < 4.78 is 14.7. The van der Waals surface area contributed by atoms with Gasteiger partial charge in [0, 0.05) is 23.5 Å². The molecule has 156 valence electrons. The molecule has 2 N–H and O–H groups in total. The van der Waals surface area contributed by atoms with Crippen molar-refractivity contribution in [3.63, 3.8) is 0 Å². The van der Waals surface area contributed by atoms with E-state index in [1.54, 1.807) is 19.1 Å². The number of hydrogen-bond donors (Lipinski definition) is 2. The van der Waals surface area contributed by atoms with Crippen molar-refractivity contribution in [3.05, 3.63) is 88.1 Å². The van der Waals surface area contributed by atoms with Gasteiger partial charge in [0.2, 0.25) is 11.9 Å². The maximum absolute atomic E-state index is 13.5. The van der Waals surface area contributed by atoms with E-state index in [4.69, 9.17) is 0 Å². The van der Waals surface area contributed by atoms with Crippen molar-refractivity contribution in [3.8, 4) is 0 Å². The summed E-state index contributed by atoms with van der Waals surface area (Å²) in [5.74, 6) is -0.505. The van der Waals surface area contributed by atoms with Crippen molar-refractivity contribution < 1.29 is 9.18 Å². The van der Waals surface area contributed by atoms with Crippen LogP contribution in [0.25, 0.3) is 0 Å². The fourth-order valence-electron chi connectivity index (χ4n) is 3.13. The Morgan fingerprint density at radius 1 is 1.13 bits per heavy atom. The third kappa shape index (κ3) is 6.01. The Balaban J connectivity index is 1.67. The van der Waals surface area contributed by atoms with Gasteiger partial charge in [-0.25, -0.2) is 9.37 Å². The van der Waals surface area contributed by atoms with Gasteiger partial charge in [-0.15, -0.1) is 0 Å². The van der Waals surface area contributed by atoms with E-state index in [1.807, 2.05) is 25.1 Å². The van der Waals surface area contributed by atoms with Crippen LogP contribution in [0.4, 0.5) is 16.0 Å². The van der Waals surface area contributed by atoms with E-state index in [1.165, 1.54) is 28.3 Å². The van der Waals surface area contributed by atoms with Crippen LogP contribution < -0.4 is 16.2 Å². The highest BCUT2D eigenvalue weighted by Crippen LogP contribution is 2.15. The summed E-state index contributed by atoms with van der Waals surface area (Å²) >= 11 is 0. The lowest BCUT2D eigenvalue weighted by molar-refractivity contribution is -0.122. The molecule has 6 nitrogen and oxygen atoms in total. The number of amides is 1.